The van der Waals surface area contributed by atoms with Crippen molar-refractivity contribution >= 4 is 0 Å². The molecule has 0 rings (SSSR count). The van der Waals surface area contributed by atoms with E-state index >= 15 is 0 Å². The van der Waals surface area contributed by atoms with E-state index in [-0.39, 0.29) is 12.0 Å². The maximum atomic E-state index is 12.2. The van der Waals surface area contributed by atoms with Crippen LogP contribution in [0.25, 0.3) is 0 Å². The molecule has 20 heavy (non-hydrogen) atoms. The Morgan fingerprint density at radius 2 is 1.95 bits per heavy atom. The highest BCUT2D eigenvalue weighted by atomic mass is 19.4. The molecule has 4 heteroatoms. The molecule has 0 bridgehead atoms. The summed E-state index contributed by atoms with van der Waals surface area (Å²) in [5, 5.41) is 0. The highest BCUT2D eigenvalue weighted by Crippen LogP contribution is 2.22. The summed E-state index contributed by atoms with van der Waals surface area (Å²) < 4.78 is 36.5. The van der Waals surface area contributed by atoms with E-state index < -0.39 is 6.18 Å². The first-order chi connectivity index (χ1) is 9.19. The average Bonchev–Trinajstić information content (AvgIpc) is 2.35. The summed E-state index contributed by atoms with van der Waals surface area (Å²) in [7, 11) is 1.92. The van der Waals surface area contributed by atoms with Gasteiger partial charge in [0.15, 0.2) is 0 Å². The normalized spacial score (nSPS) is 15.1. The number of halogens is 3. The Hall–Kier alpha value is -1.45. The Kier molecular flexibility index (Phi) is 8.04. The largest absolute Gasteiger partial charge is 0.409 e. The minimum atomic E-state index is -4.27. The zero-order valence-corrected chi connectivity index (χ0v) is 12.7. The molecule has 0 amide bonds. The lowest BCUT2D eigenvalue weighted by Crippen LogP contribution is -2.13. The van der Waals surface area contributed by atoms with Crippen LogP contribution in [0.3, 0.4) is 0 Å². The van der Waals surface area contributed by atoms with Gasteiger partial charge in [-0.3, -0.25) is 0 Å². The predicted octanol–water partition coefficient (Wildman–Crippen LogP) is 5.10. The van der Waals surface area contributed by atoms with E-state index in [2.05, 4.69) is 6.58 Å². The molecule has 0 saturated heterocycles. The van der Waals surface area contributed by atoms with Crippen LogP contribution >= 0.6 is 0 Å². The fourth-order valence-corrected chi connectivity index (χ4v) is 1.63. The quantitative estimate of drug-likeness (QED) is 0.465. The number of hydrogen-bond donors (Lipinski definition) is 0. The zero-order chi connectivity index (χ0) is 15.8. The lowest BCUT2D eigenvalue weighted by molar-refractivity contribution is -0.0801. The van der Waals surface area contributed by atoms with E-state index in [0.29, 0.717) is 12.0 Å². The van der Waals surface area contributed by atoms with E-state index in [4.69, 9.17) is 0 Å². The molecule has 0 aromatic heterocycles. The van der Waals surface area contributed by atoms with Crippen LogP contribution in [0.4, 0.5) is 13.2 Å². The minimum Gasteiger partial charge on any atom is -0.376 e. The molecule has 0 saturated carbocycles. The van der Waals surface area contributed by atoms with Crippen molar-refractivity contribution in [2.24, 2.45) is 5.92 Å². The molecule has 0 aliphatic carbocycles. The topological polar surface area (TPSA) is 3.24 Å². The van der Waals surface area contributed by atoms with Gasteiger partial charge in [-0.15, -0.1) is 0 Å². The second-order valence-corrected chi connectivity index (χ2v) is 4.86. The summed E-state index contributed by atoms with van der Waals surface area (Å²) in [4.78, 5) is 1.97. The Morgan fingerprint density at radius 1 is 1.35 bits per heavy atom. The van der Waals surface area contributed by atoms with Crippen LogP contribution in [0.1, 0.15) is 27.2 Å². The van der Waals surface area contributed by atoms with Crippen LogP contribution in [0.2, 0.25) is 0 Å². The second-order valence-electron chi connectivity index (χ2n) is 4.86. The van der Waals surface area contributed by atoms with Crippen molar-refractivity contribution in [1.82, 2.24) is 4.90 Å². The molecular weight excluding hydrogens is 263 g/mol. The number of rotatable bonds is 7. The van der Waals surface area contributed by atoms with Crippen molar-refractivity contribution in [3.63, 3.8) is 0 Å². The fraction of sp³-hybridized carbons (Fsp3) is 0.500. The number of hydrogen-bond acceptors (Lipinski definition) is 1. The molecule has 0 aliphatic heterocycles. The Bertz CT molecular complexity index is 389. The Balaban J connectivity index is 4.60. The lowest BCUT2D eigenvalue weighted by Gasteiger charge is -2.16. The molecule has 0 N–H and O–H groups in total. The Labute approximate surface area is 120 Å². The number of alkyl halides is 3. The van der Waals surface area contributed by atoms with Gasteiger partial charge in [-0.2, -0.15) is 13.2 Å². The van der Waals surface area contributed by atoms with Crippen molar-refractivity contribution in [2.75, 3.05) is 13.6 Å². The molecule has 0 fully saturated rings. The first-order valence-electron chi connectivity index (χ1n) is 6.64. The van der Waals surface area contributed by atoms with Gasteiger partial charge < -0.3 is 4.90 Å². The molecule has 1 unspecified atom stereocenters. The van der Waals surface area contributed by atoms with Crippen molar-refractivity contribution in [3.8, 4) is 0 Å². The standard InChI is InChI=1S/C16H24F3N/c1-6-13(3)12-20(5)11-9-14(4)15(7-2)8-10-16(17,18)19/h6,8-11,15H,4,7,12H2,1-3,5H3/b10-8+,11-9-,13-6+. The van der Waals surface area contributed by atoms with Crippen LogP contribution < -0.4 is 0 Å². The summed E-state index contributed by atoms with van der Waals surface area (Å²) in [6.45, 7) is 10.5. The molecule has 1 nitrogen and oxygen atoms in total. The van der Waals surface area contributed by atoms with Crippen LogP contribution in [-0.4, -0.2) is 24.7 Å². The van der Waals surface area contributed by atoms with Gasteiger partial charge in [0.25, 0.3) is 0 Å². The van der Waals surface area contributed by atoms with Crippen molar-refractivity contribution in [3.05, 3.63) is 48.2 Å². The second kappa shape index (κ2) is 8.67. The van der Waals surface area contributed by atoms with Crippen molar-refractivity contribution in [1.29, 1.82) is 0 Å². The maximum absolute atomic E-state index is 12.2. The van der Waals surface area contributed by atoms with Crippen molar-refractivity contribution in [2.45, 2.75) is 33.4 Å². The summed E-state index contributed by atoms with van der Waals surface area (Å²) in [6.07, 6.45) is 3.43. The molecule has 0 aliphatic rings. The van der Waals surface area contributed by atoms with E-state index in [9.17, 15) is 13.2 Å². The molecule has 0 heterocycles. The highest BCUT2D eigenvalue weighted by molar-refractivity contribution is 5.22. The SMILES string of the molecule is C=C(/C=C\N(C)C/C(C)=C/C)C(/C=C/C(F)(F)F)CC. The van der Waals surface area contributed by atoms with Gasteiger partial charge in [-0.05, 0) is 38.1 Å². The highest BCUT2D eigenvalue weighted by Gasteiger charge is 2.22. The molecular formula is C16H24F3N. The number of likely N-dealkylation sites (N-methyl/N-ethyl adjacent to an activating group) is 1. The molecule has 0 aromatic rings. The van der Waals surface area contributed by atoms with Crippen LogP contribution in [-0.2, 0) is 0 Å². The summed E-state index contributed by atoms with van der Waals surface area (Å²) in [5.41, 5.74) is 1.91. The first-order valence-corrected chi connectivity index (χ1v) is 6.64. The molecule has 114 valence electrons. The third-order valence-corrected chi connectivity index (χ3v) is 2.97. The summed E-state index contributed by atoms with van der Waals surface area (Å²) in [5.74, 6) is -0.288. The third kappa shape index (κ3) is 8.62. The third-order valence-electron chi connectivity index (χ3n) is 2.97. The molecule has 0 radical (unpaired) electrons. The van der Waals surface area contributed by atoms with E-state index in [1.165, 1.54) is 11.6 Å². The monoisotopic (exact) mass is 287 g/mol. The van der Waals surface area contributed by atoms with E-state index in [1.807, 2.05) is 45.0 Å². The van der Waals surface area contributed by atoms with Gasteiger partial charge in [0.1, 0.15) is 0 Å². The van der Waals surface area contributed by atoms with Gasteiger partial charge in [0.2, 0.25) is 0 Å². The number of nitrogens with zero attached hydrogens (tertiary/aromatic N) is 1. The van der Waals surface area contributed by atoms with Crippen LogP contribution in [0, 0.1) is 5.92 Å². The van der Waals surface area contributed by atoms with Gasteiger partial charge in [-0.25, -0.2) is 0 Å². The first kappa shape index (κ1) is 18.6. The average molecular weight is 287 g/mol. The van der Waals surface area contributed by atoms with Gasteiger partial charge in [0.05, 0.1) is 0 Å². The fourth-order valence-electron chi connectivity index (χ4n) is 1.63. The van der Waals surface area contributed by atoms with Crippen LogP contribution in [0.15, 0.2) is 48.2 Å². The lowest BCUT2D eigenvalue weighted by atomic mass is 9.97. The zero-order valence-electron chi connectivity index (χ0n) is 12.7. The minimum absolute atomic E-state index is 0.286. The van der Waals surface area contributed by atoms with Gasteiger partial charge in [-0.1, -0.05) is 31.2 Å². The predicted molar refractivity (Wildman–Crippen MR) is 79.3 cm³/mol. The van der Waals surface area contributed by atoms with E-state index in [0.717, 1.165) is 6.54 Å². The van der Waals surface area contributed by atoms with E-state index in [1.54, 1.807) is 6.08 Å². The molecule has 0 spiro atoms. The maximum Gasteiger partial charge on any atom is 0.409 e. The van der Waals surface area contributed by atoms with Crippen molar-refractivity contribution < 1.29 is 13.2 Å². The van der Waals surface area contributed by atoms with Gasteiger partial charge in [0, 0.05) is 25.6 Å². The summed E-state index contributed by atoms with van der Waals surface area (Å²) >= 11 is 0. The van der Waals surface area contributed by atoms with Gasteiger partial charge >= 0.3 is 6.18 Å². The molecule has 0 aromatic carbocycles. The smallest absolute Gasteiger partial charge is 0.376 e. The molecule has 1 atom stereocenters. The van der Waals surface area contributed by atoms with Crippen LogP contribution in [0.5, 0.6) is 0 Å². The number of allylic oxidation sites excluding steroid dienone is 5. The Morgan fingerprint density at radius 3 is 2.40 bits per heavy atom. The summed E-state index contributed by atoms with van der Waals surface area (Å²) in [6, 6.07) is 0.